The first-order chi connectivity index (χ1) is 16.0. The fourth-order valence-electron chi connectivity index (χ4n) is 4.74. The number of amides is 1. The first-order valence-corrected chi connectivity index (χ1v) is 12.4. The van der Waals surface area contributed by atoms with Crippen LogP contribution in [0.4, 0.5) is 0 Å². The summed E-state index contributed by atoms with van der Waals surface area (Å²) in [5.41, 5.74) is 6.93. The Morgan fingerprint density at radius 1 is 1.00 bits per heavy atom. The number of carbonyl (C=O) groups is 1. The monoisotopic (exact) mass is 499 g/mol. The molecule has 0 aliphatic carbocycles. The molecule has 1 aliphatic rings. The van der Waals surface area contributed by atoms with Gasteiger partial charge in [0, 0.05) is 41.0 Å². The minimum absolute atomic E-state index is 0.0681. The second kappa shape index (κ2) is 9.09. The number of hydrogen-bond acceptors (Lipinski definition) is 1. The third-order valence-corrected chi connectivity index (χ3v) is 7.22. The fraction of sp³-hybridized carbons (Fsp3) is 0.269. The van der Waals surface area contributed by atoms with Crippen molar-refractivity contribution in [2.75, 3.05) is 6.54 Å². The molecule has 7 heteroatoms. The van der Waals surface area contributed by atoms with E-state index in [9.17, 15) is 4.79 Å². The summed E-state index contributed by atoms with van der Waals surface area (Å²) in [6.07, 6.45) is 5.96. The number of aromatic nitrogens is 2. The summed E-state index contributed by atoms with van der Waals surface area (Å²) in [6.45, 7) is 3.55. The smallest absolute Gasteiger partial charge is 0.268 e. The first kappa shape index (κ1) is 22.4. The van der Waals surface area contributed by atoms with Crippen molar-refractivity contribution in [1.29, 1.82) is 0 Å². The summed E-state index contributed by atoms with van der Waals surface area (Å²) in [5, 5.41) is 4.81. The summed E-state index contributed by atoms with van der Waals surface area (Å²) in [4.78, 5) is 13.5. The predicted octanol–water partition coefficient (Wildman–Crippen LogP) is 7.51. The summed E-state index contributed by atoms with van der Waals surface area (Å²) in [5.74, 6) is -0.0681. The molecule has 0 spiro atoms. The van der Waals surface area contributed by atoms with Crippen molar-refractivity contribution in [2.24, 2.45) is 0 Å². The third kappa shape index (κ3) is 3.95. The normalized spacial score (nSPS) is 13.3. The van der Waals surface area contributed by atoms with Gasteiger partial charge in [-0.15, -0.1) is 0 Å². The number of nitrogens with zero attached hydrogens (tertiary/aromatic N) is 2. The fourth-order valence-corrected chi connectivity index (χ4v) is 5.17. The van der Waals surface area contributed by atoms with E-state index < -0.39 is 0 Å². The Hall–Kier alpha value is -2.40. The molecule has 4 aromatic rings. The van der Waals surface area contributed by atoms with Gasteiger partial charge in [-0.1, -0.05) is 59.9 Å². The van der Waals surface area contributed by atoms with Gasteiger partial charge < -0.3 is 9.88 Å². The topological polar surface area (TPSA) is 38.4 Å². The Morgan fingerprint density at radius 3 is 2.48 bits per heavy atom. The van der Waals surface area contributed by atoms with Crippen LogP contribution in [0.5, 0.6) is 0 Å². The van der Waals surface area contributed by atoms with Gasteiger partial charge in [-0.05, 0) is 55.5 Å². The number of halogens is 3. The van der Waals surface area contributed by atoms with E-state index in [1.807, 2.05) is 42.5 Å². The SMILES string of the molecule is CCCNC(=O)c1c(-c2ccc(Cl)cc2)c2c3n(c(-c4ccc(Cl)c(Cl)c4)cn13)CCCC2. The maximum absolute atomic E-state index is 13.5. The number of hydrogen-bond donors (Lipinski definition) is 1. The van der Waals surface area contributed by atoms with Crippen LogP contribution in [-0.4, -0.2) is 21.4 Å². The van der Waals surface area contributed by atoms with Gasteiger partial charge in [-0.3, -0.25) is 9.20 Å². The van der Waals surface area contributed by atoms with Gasteiger partial charge in [0.05, 0.1) is 15.7 Å². The third-order valence-electron chi connectivity index (χ3n) is 6.23. The molecule has 1 amide bonds. The van der Waals surface area contributed by atoms with Crippen LogP contribution in [0.2, 0.25) is 15.1 Å². The van der Waals surface area contributed by atoms with E-state index in [0.717, 1.165) is 60.3 Å². The predicted molar refractivity (Wildman–Crippen MR) is 137 cm³/mol. The van der Waals surface area contributed by atoms with E-state index in [-0.39, 0.29) is 5.91 Å². The Bertz CT molecular complexity index is 1350. The highest BCUT2D eigenvalue weighted by atomic mass is 35.5. The molecule has 4 nitrogen and oxygen atoms in total. The minimum Gasteiger partial charge on any atom is -0.351 e. The number of imidazole rings is 1. The molecule has 5 rings (SSSR count). The van der Waals surface area contributed by atoms with E-state index in [1.165, 1.54) is 5.56 Å². The van der Waals surface area contributed by atoms with Crippen LogP contribution < -0.4 is 5.32 Å². The van der Waals surface area contributed by atoms with Crippen molar-refractivity contribution in [2.45, 2.75) is 39.2 Å². The lowest BCUT2D eigenvalue weighted by Gasteiger charge is -2.10. The highest BCUT2D eigenvalue weighted by Crippen LogP contribution is 2.40. The molecule has 2 aromatic heterocycles. The molecule has 170 valence electrons. The van der Waals surface area contributed by atoms with Crippen molar-refractivity contribution < 1.29 is 4.79 Å². The largest absolute Gasteiger partial charge is 0.351 e. The Morgan fingerprint density at radius 2 is 1.76 bits per heavy atom. The average Bonchev–Trinajstić information content (AvgIpc) is 3.22. The van der Waals surface area contributed by atoms with Gasteiger partial charge in [-0.25, -0.2) is 0 Å². The van der Waals surface area contributed by atoms with Crippen molar-refractivity contribution in [1.82, 2.24) is 14.3 Å². The summed E-state index contributed by atoms with van der Waals surface area (Å²) < 4.78 is 4.38. The molecule has 0 fully saturated rings. The second-order valence-corrected chi connectivity index (χ2v) is 9.66. The number of aryl methyl sites for hydroxylation is 2. The van der Waals surface area contributed by atoms with Crippen LogP contribution in [-0.2, 0) is 13.0 Å². The lowest BCUT2D eigenvalue weighted by molar-refractivity contribution is 0.0948. The van der Waals surface area contributed by atoms with E-state index in [4.69, 9.17) is 34.8 Å². The van der Waals surface area contributed by atoms with Crippen molar-refractivity contribution in [3.63, 3.8) is 0 Å². The van der Waals surface area contributed by atoms with E-state index in [1.54, 1.807) is 0 Å². The summed E-state index contributed by atoms with van der Waals surface area (Å²) >= 11 is 18.7. The Labute approximate surface area is 208 Å². The van der Waals surface area contributed by atoms with Crippen LogP contribution in [0.3, 0.4) is 0 Å². The minimum atomic E-state index is -0.0681. The molecule has 33 heavy (non-hydrogen) atoms. The molecule has 0 bridgehead atoms. The molecule has 0 atom stereocenters. The number of benzene rings is 2. The van der Waals surface area contributed by atoms with Crippen molar-refractivity contribution >= 4 is 46.4 Å². The lowest BCUT2D eigenvalue weighted by Crippen LogP contribution is -2.25. The van der Waals surface area contributed by atoms with Gasteiger partial charge in [-0.2, -0.15) is 0 Å². The first-order valence-electron chi connectivity index (χ1n) is 11.3. The average molecular weight is 501 g/mol. The van der Waals surface area contributed by atoms with Gasteiger partial charge >= 0.3 is 0 Å². The highest BCUT2D eigenvalue weighted by molar-refractivity contribution is 6.42. The van der Waals surface area contributed by atoms with Crippen LogP contribution in [0.15, 0.2) is 48.7 Å². The number of carbonyl (C=O) groups excluding carboxylic acids is 1. The quantitative estimate of drug-likeness (QED) is 0.302. The molecule has 1 N–H and O–H groups in total. The van der Waals surface area contributed by atoms with Crippen molar-refractivity contribution in [3.8, 4) is 22.4 Å². The zero-order valence-electron chi connectivity index (χ0n) is 18.3. The van der Waals surface area contributed by atoms with E-state index >= 15 is 0 Å². The molecular formula is C26H24Cl3N3O. The van der Waals surface area contributed by atoms with Gasteiger partial charge in [0.1, 0.15) is 11.3 Å². The van der Waals surface area contributed by atoms with E-state index in [2.05, 4.69) is 27.4 Å². The standard InChI is InChI=1S/C26H24Cl3N3O/c1-2-12-30-25(33)24-23(16-6-9-18(27)10-7-16)19-5-3-4-13-31-22(15-32(24)26(19)31)17-8-11-20(28)21(29)14-17/h6-11,14-15H,2-5,12-13H2,1H3,(H,30,33). The molecule has 3 heterocycles. The van der Waals surface area contributed by atoms with Crippen LogP contribution in [0.25, 0.3) is 28.0 Å². The van der Waals surface area contributed by atoms with Gasteiger partial charge in [0.2, 0.25) is 0 Å². The molecule has 0 radical (unpaired) electrons. The molecule has 0 unspecified atom stereocenters. The maximum atomic E-state index is 13.5. The van der Waals surface area contributed by atoms with Crippen molar-refractivity contribution in [3.05, 3.63) is 75.0 Å². The Kier molecular flexibility index (Phi) is 6.17. The number of rotatable bonds is 5. The molecule has 2 aromatic carbocycles. The molecule has 0 saturated carbocycles. The number of nitrogens with one attached hydrogen (secondary N) is 1. The van der Waals surface area contributed by atoms with Gasteiger partial charge in [0.25, 0.3) is 5.91 Å². The zero-order valence-corrected chi connectivity index (χ0v) is 20.6. The molecule has 0 saturated heterocycles. The van der Waals surface area contributed by atoms with Crippen LogP contribution >= 0.6 is 34.8 Å². The lowest BCUT2D eigenvalue weighted by atomic mass is 9.98. The van der Waals surface area contributed by atoms with Crippen LogP contribution in [0.1, 0.15) is 42.2 Å². The maximum Gasteiger partial charge on any atom is 0.268 e. The van der Waals surface area contributed by atoms with Crippen LogP contribution in [0, 0.1) is 0 Å². The summed E-state index contributed by atoms with van der Waals surface area (Å²) in [6, 6.07) is 13.5. The second-order valence-electron chi connectivity index (χ2n) is 8.41. The molecular weight excluding hydrogens is 477 g/mol. The zero-order chi connectivity index (χ0) is 23.1. The highest BCUT2D eigenvalue weighted by Gasteiger charge is 2.29. The van der Waals surface area contributed by atoms with Gasteiger partial charge in [0.15, 0.2) is 0 Å². The molecule has 1 aliphatic heterocycles. The summed E-state index contributed by atoms with van der Waals surface area (Å²) in [7, 11) is 0. The van der Waals surface area contributed by atoms with E-state index in [0.29, 0.717) is 27.3 Å². The Balaban J connectivity index is 1.80.